The van der Waals surface area contributed by atoms with Gasteiger partial charge >= 0.3 is 0 Å². The molecule has 110 valence electrons. The van der Waals surface area contributed by atoms with Crippen molar-refractivity contribution in [3.8, 4) is 0 Å². The number of anilines is 1. The summed E-state index contributed by atoms with van der Waals surface area (Å²) in [7, 11) is 0. The summed E-state index contributed by atoms with van der Waals surface area (Å²) in [5.41, 5.74) is 6.80. The van der Waals surface area contributed by atoms with Crippen LogP contribution in [0, 0.1) is 11.8 Å². The highest BCUT2D eigenvalue weighted by atomic mass is 16.5. The van der Waals surface area contributed by atoms with E-state index in [-0.39, 0.29) is 0 Å². The monoisotopic (exact) mass is 275 g/mol. The molecule has 0 saturated heterocycles. The lowest BCUT2D eigenvalue weighted by atomic mass is 10.0. The molecule has 1 aromatic heterocycles. The molecule has 1 fully saturated rings. The van der Waals surface area contributed by atoms with Crippen molar-refractivity contribution in [3.05, 3.63) is 35.9 Å². The molecule has 2 unspecified atom stereocenters. The number of nitrogens with two attached hydrogens (primary N) is 1. The normalized spacial score (nSPS) is 23.3. The molecule has 0 aromatic carbocycles. The number of aromatic nitrogens is 2. The topological polar surface area (TPSA) is 63.9 Å². The molecule has 20 heavy (non-hydrogen) atoms. The minimum atomic E-state index is 0.390. The number of nitrogens with one attached hydrogen (secondary N) is 1. The minimum Gasteiger partial charge on any atom is -0.466 e. The molecular weight excluding hydrogens is 250 g/mol. The van der Waals surface area contributed by atoms with Gasteiger partial charge in [0.15, 0.2) is 0 Å². The van der Waals surface area contributed by atoms with Crippen molar-refractivity contribution < 1.29 is 4.74 Å². The number of H-pyrrole nitrogens is 1. The van der Waals surface area contributed by atoms with Crippen LogP contribution in [0.15, 0.2) is 30.2 Å². The second-order valence-electron chi connectivity index (χ2n) is 5.87. The van der Waals surface area contributed by atoms with E-state index < -0.39 is 0 Å². The highest BCUT2D eigenvalue weighted by Crippen LogP contribution is 2.41. The Morgan fingerprint density at radius 1 is 1.55 bits per heavy atom. The second kappa shape index (κ2) is 6.16. The van der Waals surface area contributed by atoms with Crippen molar-refractivity contribution in [2.45, 2.75) is 46.0 Å². The quantitative estimate of drug-likeness (QED) is 0.799. The average Bonchev–Trinajstić information content (AvgIpc) is 3.03. The number of hydrogen-bond acceptors (Lipinski definition) is 3. The number of allylic oxidation sites excluding steroid dienone is 3. The van der Waals surface area contributed by atoms with E-state index in [0.717, 1.165) is 36.5 Å². The maximum Gasteiger partial charge on any atom is 0.145 e. The maximum atomic E-state index is 5.95. The molecule has 2 atom stereocenters. The predicted molar refractivity (Wildman–Crippen MR) is 81.9 cm³/mol. The van der Waals surface area contributed by atoms with Gasteiger partial charge < -0.3 is 10.5 Å². The number of ether oxygens (including phenoxy) is 1. The van der Waals surface area contributed by atoms with Gasteiger partial charge in [-0.2, -0.15) is 5.10 Å². The molecule has 4 heteroatoms. The van der Waals surface area contributed by atoms with Crippen LogP contribution in [0.25, 0.3) is 0 Å². The Bertz CT molecular complexity index is 502. The van der Waals surface area contributed by atoms with E-state index in [1.54, 1.807) is 0 Å². The van der Waals surface area contributed by atoms with Crippen molar-refractivity contribution in [2.75, 3.05) is 5.73 Å². The van der Waals surface area contributed by atoms with Gasteiger partial charge in [0.2, 0.25) is 0 Å². The smallest absolute Gasteiger partial charge is 0.145 e. The maximum absolute atomic E-state index is 5.95. The van der Waals surface area contributed by atoms with E-state index in [1.807, 2.05) is 19.1 Å². The molecule has 0 aliphatic heterocycles. The number of nitrogens with zero attached hydrogens (tertiary/aromatic N) is 1. The Kier molecular flexibility index (Phi) is 4.53. The first kappa shape index (κ1) is 14.7. The van der Waals surface area contributed by atoms with Crippen LogP contribution in [0.1, 0.15) is 51.6 Å². The number of aromatic amines is 1. The van der Waals surface area contributed by atoms with Crippen LogP contribution < -0.4 is 5.73 Å². The number of nitrogen functional groups attached to an aromatic ring is 1. The summed E-state index contributed by atoms with van der Waals surface area (Å²) >= 11 is 0. The van der Waals surface area contributed by atoms with E-state index in [9.17, 15) is 0 Å². The molecule has 0 spiro atoms. The lowest BCUT2D eigenvalue weighted by Crippen LogP contribution is -2.06. The van der Waals surface area contributed by atoms with Crippen LogP contribution in [0.2, 0.25) is 0 Å². The average molecular weight is 275 g/mol. The fourth-order valence-electron chi connectivity index (χ4n) is 2.86. The van der Waals surface area contributed by atoms with Crippen molar-refractivity contribution >= 4 is 5.82 Å². The van der Waals surface area contributed by atoms with Crippen LogP contribution in [0.4, 0.5) is 5.82 Å². The molecule has 4 nitrogen and oxygen atoms in total. The fourth-order valence-corrected chi connectivity index (χ4v) is 2.86. The summed E-state index contributed by atoms with van der Waals surface area (Å²) in [4.78, 5) is 0. The Balaban J connectivity index is 1.94. The summed E-state index contributed by atoms with van der Waals surface area (Å²) in [6.07, 6.45) is 5.31. The van der Waals surface area contributed by atoms with Gasteiger partial charge in [0, 0.05) is 29.5 Å². The van der Waals surface area contributed by atoms with Crippen molar-refractivity contribution in [2.24, 2.45) is 11.8 Å². The summed E-state index contributed by atoms with van der Waals surface area (Å²) in [5.74, 6) is 3.75. The van der Waals surface area contributed by atoms with E-state index in [1.165, 1.54) is 0 Å². The summed E-state index contributed by atoms with van der Waals surface area (Å²) in [6, 6.07) is 1.93. The van der Waals surface area contributed by atoms with E-state index >= 15 is 0 Å². The predicted octanol–water partition coefficient (Wildman–Crippen LogP) is 3.97. The largest absolute Gasteiger partial charge is 0.466 e. The Labute approximate surface area is 121 Å². The lowest BCUT2D eigenvalue weighted by molar-refractivity contribution is 0.226. The van der Waals surface area contributed by atoms with Gasteiger partial charge in [0.05, 0.1) is 5.76 Å². The SMILES string of the molecule is C=C(O/C(=C\C)C(C)C)C1CCC(c2cc(N)n[nH]2)C1. The first-order valence-electron chi connectivity index (χ1n) is 7.34. The molecule has 1 heterocycles. The molecule has 1 saturated carbocycles. The molecule has 1 aromatic rings. The van der Waals surface area contributed by atoms with Crippen molar-refractivity contribution in [1.82, 2.24) is 10.2 Å². The van der Waals surface area contributed by atoms with Crippen LogP contribution in [-0.2, 0) is 4.74 Å². The second-order valence-corrected chi connectivity index (χ2v) is 5.87. The highest BCUT2D eigenvalue weighted by molar-refractivity contribution is 5.30. The summed E-state index contributed by atoms with van der Waals surface area (Å²) in [6.45, 7) is 10.4. The zero-order chi connectivity index (χ0) is 14.7. The summed E-state index contributed by atoms with van der Waals surface area (Å²) in [5, 5.41) is 7.03. The van der Waals surface area contributed by atoms with Crippen LogP contribution in [-0.4, -0.2) is 10.2 Å². The van der Waals surface area contributed by atoms with Gasteiger partial charge in [0.1, 0.15) is 11.6 Å². The van der Waals surface area contributed by atoms with E-state index in [4.69, 9.17) is 10.5 Å². The van der Waals surface area contributed by atoms with Gasteiger partial charge in [0.25, 0.3) is 0 Å². The van der Waals surface area contributed by atoms with Gasteiger partial charge in [-0.05, 0) is 32.3 Å². The third kappa shape index (κ3) is 3.24. The van der Waals surface area contributed by atoms with E-state index in [2.05, 4.69) is 30.6 Å². The van der Waals surface area contributed by atoms with E-state index in [0.29, 0.717) is 23.6 Å². The Morgan fingerprint density at radius 3 is 2.85 bits per heavy atom. The highest BCUT2D eigenvalue weighted by Gasteiger charge is 2.30. The molecule has 0 bridgehead atoms. The molecule has 0 radical (unpaired) electrons. The molecule has 3 N–H and O–H groups in total. The first-order valence-corrected chi connectivity index (χ1v) is 7.34. The van der Waals surface area contributed by atoms with Crippen molar-refractivity contribution in [3.63, 3.8) is 0 Å². The third-order valence-corrected chi connectivity index (χ3v) is 4.05. The van der Waals surface area contributed by atoms with Gasteiger partial charge in [-0.1, -0.05) is 20.4 Å². The van der Waals surface area contributed by atoms with Gasteiger partial charge in [-0.15, -0.1) is 0 Å². The van der Waals surface area contributed by atoms with Gasteiger partial charge in [-0.25, -0.2) is 0 Å². The molecule has 2 rings (SSSR count). The zero-order valence-electron chi connectivity index (χ0n) is 12.6. The number of rotatable bonds is 5. The number of hydrogen-bond donors (Lipinski definition) is 2. The minimum absolute atomic E-state index is 0.390. The Morgan fingerprint density at radius 2 is 2.30 bits per heavy atom. The standard InChI is InChI=1S/C16H25N3O/c1-5-15(10(2)3)20-11(4)12-6-7-13(8-12)14-9-16(17)19-18-14/h5,9-10,12-13H,4,6-8H2,1-3H3,(H3,17,18,19)/b15-5-. The zero-order valence-corrected chi connectivity index (χ0v) is 12.6. The molecule has 1 aliphatic rings. The van der Waals surface area contributed by atoms with Crippen molar-refractivity contribution in [1.29, 1.82) is 0 Å². The molecule has 1 aliphatic carbocycles. The summed E-state index contributed by atoms with van der Waals surface area (Å²) < 4.78 is 5.95. The lowest BCUT2D eigenvalue weighted by Gasteiger charge is -2.19. The Hall–Kier alpha value is -1.71. The third-order valence-electron chi connectivity index (χ3n) is 4.05. The van der Waals surface area contributed by atoms with Crippen LogP contribution in [0.5, 0.6) is 0 Å². The first-order chi connectivity index (χ1) is 9.51. The molecular formula is C16H25N3O. The van der Waals surface area contributed by atoms with Crippen LogP contribution >= 0.6 is 0 Å². The molecule has 0 amide bonds. The van der Waals surface area contributed by atoms with Crippen LogP contribution in [0.3, 0.4) is 0 Å². The fraction of sp³-hybridized carbons (Fsp3) is 0.562. The van der Waals surface area contributed by atoms with Gasteiger partial charge in [-0.3, -0.25) is 5.10 Å².